The molecule has 2 heterocycles. The van der Waals surface area contributed by atoms with Crippen molar-refractivity contribution in [3.63, 3.8) is 0 Å². The average molecular weight is 464 g/mol. The van der Waals surface area contributed by atoms with E-state index in [4.69, 9.17) is 9.15 Å². The molecule has 178 valence electrons. The molecule has 1 aromatic heterocycles. The number of nitrogens with one attached hydrogen (secondary N) is 1. The fraction of sp³-hybridized carbons (Fsp3) is 0.370. The largest absolute Gasteiger partial charge is 0.497 e. The molecule has 0 radical (unpaired) electrons. The van der Waals surface area contributed by atoms with Gasteiger partial charge in [0.25, 0.3) is 0 Å². The fourth-order valence-electron chi connectivity index (χ4n) is 4.87. The Bertz CT molecular complexity index is 1090. The van der Waals surface area contributed by atoms with E-state index in [2.05, 4.69) is 27.2 Å². The number of ether oxygens (including phenoxy) is 1. The first-order valence-electron chi connectivity index (χ1n) is 11.8. The highest BCUT2D eigenvalue weighted by atomic mass is 19.1. The van der Waals surface area contributed by atoms with E-state index >= 15 is 0 Å². The van der Waals surface area contributed by atoms with Gasteiger partial charge in [-0.3, -0.25) is 9.69 Å². The number of hydrogen-bond acceptors (Lipinski definition) is 5. The van der Waals surface area contributed by atoms with E-state index in [0.717, 1.165) is 56.1 Å². The van der Waals surface area contributed by atoms with Crippen molar-refractivity contribution in [1.82, 2.24) is 10.2 Å². The van der Waals surface area contributed by atoms with Crippen LogP contribution in [0.5, 0.6) is 5.75 Å². The minimum Gasteiger partial charge on any atom is -0.497 e. The van der Waals surface area contributed by atoms with Gasteiger partial charge in [0.05, 0.1) is 24.8 Å². The first kappa shape index (κ1) is 22.5. The summed E-state index contributed by atoms with van der Waals surface area (Å²) >= 11 is 0. The first-order valence-corrected chi connectivity index (χ1v) is 11.8. The number of piperazine rings is 1. The zero-order chi connectivity index (χ0) is 23.5. The molecule has 0 bridgehead atoms. The van der Waals surface area contributed by atoms with Gasteiger partial charge in [-0.1, -0.05) is 12.1 Å². The van der Waals surface area contributed by atoms with Crippen LogP contribution in [0.15, 0.2) is 71.3 Å². The third-order valence-corrected chi connectivity index (χ3v) is 7.10. The second kappa shape index (κ2) is 9.50. The molecule has 1 aliphatic heterocycles. The van der Waals surface area contributed by atoms with Gasteiger partial charge < -0.3 is 19.4 Å². The van der Waals surface area contributed by atoms with Crippen molar-refractivity contribution in [2.75, 3.05) is 44.7 Å². The third kappa shape index (κ3) is 4.53. The van der Waals surface area contributed by atoms with Crippen LogP contribution in [0.3, 0.4) is 0 Å². The lowest BCUT2D eigenvalue weighted by molar-refractivity contribution is -0.123. The Morgan fingerprint density at radius 3 is 2.35 bits per heavy atom. The highest BCUT2D eigenvalue weighted by molar-refractivity contribution is 5.91. The van der Waals surface area contributed by atoms with Crippen LogP contribution < -0.4 is 15.0 Å². The van der Waals surface area contributed by atoms with Gasteiger partial charge in [0.15, 0.2) is 0 Å². The third-order valence-electron chi connectivity index (χ3n) is 7.10. The number of halogens is 1. The standard InChI is InChI=1S/C27H30FN3O3/c1-33-23-10-8-22(9-11-23)30-14-16-31(17-15-30)24(25-3-2-18-34-25)19-29-26(32)27(12-13-27)20-4-6-21(28)7-5-20/h2-11,18,24H,12-17,19H2,1H3,(H,29,32)/t24-/m1/s1. The summed E-state index contributed by atoms with van der Waals surface area (Å²) in [5.41, 5.74) is 1.53. The molecule has 1 saturated carbocycles. The number of furan rings is 1. The van der Waals surface area contributed by atoms with Gasteiger partial charge in [0.2, 0.25) is 5.91 Å². The summed E-state index contributed by atoms with van der Waals surface area (Å²) < 4.78 is 24.4. The summed E-state index contributed by atoms with van der Waals surface area (Å²) in [5, 5.41) is 3.18. The molecule has 7 heteroatoms. The smallest absolute Gasteiger partial charge is 0.230 e. The van der Waals surface area contributed by atoms with Gasteiger partial charge in [0.1, 0.15) is 17.3 Å². The molecule has 2 aliphatic rings. The predicted octanol–water partition coefficient (Wildman–Crippen LogP) is 4.14. The van der Waals surface area contributed by atoms with Crippen molar-refractivity contribution >= 4 is 11.6 Å². The van der Waals surface area contributed by atoms with E-state index in [9.17, 15) is 9.18 Å². The van der Waals surface area contributed by atoms with Crippen LogP contribution in [0.2, 0.25) is 0 Å². The van der Waals surface area contributed by atoms with E-state index in [1.54, 1.807) is 25.5 Å². The second-order valence-corrected chi connectivity index (χ2v) is 9.05. The van der Waals surface area contributed by atoms with Crippen molar-refractivity contribution in [2.45, 2.75) is 24.3 Å². The number of methoxy groups -OCH3 is 1. The van der Waals surface area contributed by atoms with Gasteiger partial charge >= 0.3 is 0 Å². The maximum absolute atomic E-state index is 13.4. The van der Waals surface area contributed by atoms with E-state index in [-0.39, 0.29) is 17.8 Å². The van der Waals surface area contributed by atoms with Crippen LogP contribution in [0, 0.1) is 5.82 Å². The summed E-state index contributed by atoms with van der Waals surface area (Å²) in [6, 6.07) is 18.3. The number of nitrogens with zero attached hydrogens (tertiary/aromatic N) is 2. The molecule has 2 aromatic carbocycles. The molecule has 0 unspecified atom stereocenters. The highest BCUT2D eigenvalue weighted by Crippen LogP contribution is 2.48. The van der Waals surface area contributed by atoms with Crippen molar-refractivity contribution in [2.24, 2.45) is 0 Å². The number of carbonyl (C=O) groups is 1. The van der Waals surface area contributed by atoms with Gasteiger partial charge in [0, 0.05) is 38.4 Å². The molecule has 1 atom stereocenters. The Morgan fingerprint density at radius 2 is 1.76 bits per heavy atom. The molecule has 5 rings (SSSR count). The maximum Gasteiger partial charge on any atom is 0.230 e. The summed E-state index contributed by atoms with van der Waals surface area (Å²) in [6.07, 6.45) is 3.26. The summed E-state index contributed by atoms with van der Waals surface area (Å²) in [6.45, 7) is 3.96. The molecule has 6 nitrogen and oxygen atoms in total. The molecule has 1 saturated heterocycles. The zero-order valence-electron chi connectivity index (χ0n) is 19.4. The number of rotatable bonds is 8. The number of amides is 1. The van der Waals surface area contributed by atoms with Crippen LogP contribution in [0.1, 0.15) is 30.2 Å². The molecule has 1 amide bonds. The Hall–Kier alpha value is -3.32. The van der Waals surface area contributed by atoms with Crippen molar-refractivity contribution in [3.05, 3.63) is 84.1 Å². The van der Waals surface area contributed by atoms with Crippen LogP contribution in [-0.2, 0) is 10.2 Å². The Labute approximate surface area is 199 Å². The SMILES string of the molecule is COc1ccc(N2CCN([C@H](CNC(=O)C3(c4ccc(F)cc4)CC3)c3ccco3)CC2)cc1. The number of benzene rings is 2. The number of hydrogen-bond donors (Lipinski definition) is 1. The Balaban J connectivity index is 1.23. The minimum absolute atomic E-state index is 0.00698. The summed E-state index contributed by atoms with van der Waals surface area (Å²) in [4.78, 5) is 17.9. The van der Waals surface area contributed by atoms with Crippen LogP contribution >= 0.6 is 0 Å². The normalized spacial score (nSPS) is 18.4. The van der Waals surface area contributed by atoms with Crippen LogP contribution in [-0.4, -0.2) is 50.6 Å². The lowest BCUT2D eigenvalue weighted by atomic mass is 9.95. The van der Waals surface area contributed by atoms with Gasteiger partial charge in [-0.15, -0.1) is 0 Å². The molecular formula is C27H30FN3O3. The Kier molecular flexibility index (Phi) is 6.28. The van der Waals surface area contributed by atoms with Crippen molar-refractivity contribution in [1.29, 1.82) is 0 Å². The summed E-state index contributed by atoms with van der Waals surface area (Å²) in [7, 11) is 1.67. The van der Waals surface area contributed by atoms with Crippen LogP contribution in [0.4, 0.5) is 10.1 Å². The first-order chi connectivity index (χ1) is 16.6. The van der Waals surface area contributed by atoms with Gasteiger partial charge in [-0.2, -0.15) is 0 Å². The zero-order valence-corrected chi connectivity index (χ0v) is 19.4. The highest BCUT2D eigenvalue weighted by Gasteiger charge is 2.51. The monoisotopic (exact) mass is 463 g/mol. The van der Waals surface area contributed by atoms with Crippen molar-refractivity contribution in [3.8, 4) is 5.75 Å². The van der Waals surface area contributed by atoms with E-state index < -0.39 is 5.41 Å². The average Bonchev–Trinajstić information content (AvgIpc) is 3.52. The molecular weight excluding hydrogens is 433 g/mol. The van der Waals surface area contributed by atoms with E-state index in [1.807, 2.05) is 24.3 Å². The minimum atomic E-state index is -0.533. The fourth-order valence-corrected chi connectivity index (χ4v) is 4.87. The van der Waals surface area contributed by atoms with Gasteiger partial charge in [-0.25, -0.2) is 4.39 Å². The van der Waals surface area contributed by atoms with E-state index in [0.29, 0.717) is 6.54 Å². The number of anilines is 1. The quantitative estimate of drug-likeness (QED) is 0.544. The lowest BCUT2D eigenvalue weighted by Crippen LogP contribution is -2.50. The summed E-state index contributed by atoms with van der Waals surface area (Å²) in [5.74, 6) is 1.43. The predicted molar refractivity (Wildman–Crippen MR) is 129 cm³/mol. The molecule has 1 aliphatic carbocycles. The molecule has 3 aromatic rings. The molecule has 2 fully saturated rings. The maximum atomic E-state index is 13.4. The lowest BCUT2D eigenvalue weighted by Gasteiger charge is -2.39. The number of carbonyl (C=O) groups excluding carboxylic acids is 1. The Morgan fingerprint density at radius 1 is 1.06 bits per heavy atom. The van der Waals surface area contributed by atoms with Crippen molar-refractivity contribution < 1.29 is 18.3 Å². The second-order valence-electron chi connectivity index (χ2n) is 9.05. The molecule has 34 heavy (non-hydrogen) atoms. The molecule has 1 N–H and O–H groups in total. The molecule has 0 spiro atoms. The topological polar surface area (TPSA) is 58.0 Å². The van der Waals surface area contributed by atoms with Crippen LogP contribution in [0.25, 0.3) is 0 Å². The van der Waals surface area contributed by atoms with E-state index in [1.165, 1.54) is 17.8 Å². The van der Waals surface area contributed by atoms with Gasteiger partial charge in [-0.05, 0) is 66.9 Å².